The van der Waals surface area contributed by atoms with Crippen LogP contribution in [0.1, 0.15) is 40.2 Å². The van der Waals surface area contributed by atoms with Gasteiger partial charge >= 0.3 is 12.1 Å². The number of aliphatic hydroxyl groups excluding tert-OH is 1. The van der Waals surface area contributed by atoms with Gasteiger partial charge in [-0.1, -0.05) is 26.0 Å². The molecular weight excluding hydrogens is 338 g/mol. The summed E-state index contributed by atoms with van der Waals surface area (Å²) in [5.74, 6) is -0.546. The lowest BCUT2D eigenvalue weighted by Crippen LogP contribution is -2.54. The molecule has 0 aromatic heterocycles. The molecule has 1 rings (SSSR count). The lowest BCUT2D eigenvalue weighted by Gasteiger charge is -2.38. The van der Waals surface area contributed by atoms with Crippen LogP contribution in [0.25, 0.3) is 0 Å². The highest BCUT2D eigenvalue weighted by molar-refractivity contribution is 5.82. The molecule has 146 valence electrons. The van der Waals surface area contributed by atoms with Crippen molar-refractivity contribution in [1.82, 2.24) is 4.90 Å². The van der Waals surface area contributed by atoms with Crippen LogP contribution in [0.5, 0.6) is 5.75 Å². The van der Waals surface area contributed by atoms with Gasteiger partial charge in [-0.25, -0.2) is 9.59 Å². The lowest BCUT2D eigenvalue weighted by atomic mass is 9.77. The number of aliphatic carboxylic acids is 1. The van der Waals surface area contributed by atoms with Crippen molar-refractivity contribution in [2.75, 3.05) is 20.3 Å². The number of benzene rings is 1. The zero-order valence-corrected chi connectivity index (χ0v) is 16.3. The van der Waals surface area contributed by atoms with E-state index in [1.165, 1.54) is 7.05 Å². The van der Waals surface area contributed by atoms with Crippen LogP contribution in [0, 0.1) is 0 Å². The first-order valence-corrected chi connectivity index (χ1v) is 8.43. The van der Waals surface area contributed by atoms with Crippen LogP contribution < -0.4 is 4.74 Å². The van der Waals surface area contributed by atoms with Crippen LogP contribution >= 0.6 is 0 Å². The van der Waals surface area contributed by atoms with E-state index in [2.05, 4.69) is 0 Å². The molecule has 0 aliphatic carbocycles. The molecule has 0 unspecified atom stereocenters. The zero-order chi connectivity index (χ0) is 20.1. The summed E-state index contributed by atoms with van der Waals surface area (Å²) < 4.78 is 10.6. The molecule has 0 bridgehead atoms. The number of carbonyl (C=O) groups is 2. The fourth-order valence-electron chi connectivity index (χ4n) is 2.70. The first-order valence-electron chi connectivity index (χ1n) is 8.43. The number of ether oxygens (including phenoxy) is 2. The first kappa shape index (κ1) is 21.8. The Kier molecular flexibility index (Phi) is 7.03. The van der Waals surface area contributed by atoms with Crippen LogP contribution in [-0.4, -0.2) is 59.1 Å². The zero-order valence-electron chi connectivity index (χ0n) is 16.3. The summed E-state index contributed by atoms with van der Waals surface area (Å²) in [5, 5.41) is 18.6. The van der Waals surface area contributed by atoms with Gasteiger partial charge < -0.3 is 19.7 Å². The van der Waals surface area contributed by atoms with Crippen LogP contribution in [0.2, 0.25) is 0 Å². The molecule has 7 heteroatoms. The molecule has 7 nitrogen and oxygen atoms in total. The molecular formula is C19H29NO6. The molecule has 0 heterocycles. The average Bonchev–Trinajstić information content (AvgIpc) is 2.51. The highest BCUT2D eigenvalue weighted by Crippen LogP contribution is 2.32. The van der Waals surface area contributed by atoms with Crippen molar-refractivity contribution < 1.29 is 29.3 Å². The van der Waals surface area contributed by atoms with Gasteiger partial charge in [-0.05, 0) is 38.5 Å². The van der Waals surface area contributed by atoms with Crippen LogP contribution in [0.3, 0.4) is 0 Å². The summed E-state index contributed by atoms with van der Waals surface area (Å²) in [4.78, 5) is 25.4. The van der Waals surface area contributed by atoms with E-state index in [-0.39, 0.29) is 13.2 Å². The second-order valence-corrected chi connectivity index (χ2v) is 7.65. The van der Waals surface area contributed by atoms with Crippen LogP contribution in [0.15, 0.2) is 24.3 Å². The summed E-state index contributed by atoms with van der Waals surface area (Å²) in [5.41, 5.74) is -0.867. The number of nitrogens with zero attached hydrogens (tertiary/aromatic N) is 1. The number of rotatable bonds is 7. The van der Waals surface area contributed by atoms with Gasteiger partial charge in [0.25, 0.3) is 0 Å². The van der Waals surface area contributed by atoms with E-state index in [9.17, 15) is 14.7 Å². The summed E-state index contributed by atoms with van der Waals surface area (Å²) >= 11 is 0. The van der Waals surface area contributed by atoms with Gasteiger partial charge in [0.2, 0.25) is 0 Å². The molecule has 0 aliphatic rings. The maximum absolute atomic E-state index is 12.4. The average molecular weight is 367 g/mol. The van der Waals surface area contributed by atoms with Crippen molar-refractivity contribution in [3.05, 3.63) is 29.8 Å². The first-order chi connectivity index (χ1) is 11.9. The molecule has 1 amide bonds. The minimum Gasteiger partial charge on any atom is -0.491 e. The molecule has 2 N–H and O–H groups in total. The predicted octanol–water partition coefficient (Wildman–Crippen LogP) is 2.66. The van der Waals surface area contributed by atoms with E-state index in [4.69, 9.17) is 14.6 Å². The Morgan fingerprint density at radius 3 is 2.08 bits per heavy atom. The third-order valence-corrected chi connectivity index (χ3v) is 3.94. The summed E-state index contributed by atoms with van der Waals surface area (Å²) in [6, 6.07) is 5.80. The molecule has 0 spiro atoms. The van der Waals surface area contributed by atoms with E-state index < -0.39 is 29.1 Å². The minimum atomic E-state index is -1.12. The molecule has 1 aromatic carbocycles. The monoisotopic (exact) mass is 367 g/mol. The lowest BCUT2D eigenvalue weighted by molar-refractivity contribution is -0.145. The summed E-state index contributed by atoms with van der Waals surface area (Å²) in [6.45, 7) is 8.80. The number of hydrogen-bond acceptors (Lipinski definition) is 5. The Hall–Kier alpha value is -2.28. The van der Waals surface area contributed by atoms with Crippen molar-refractivity contribution in [2.45, 2.75) is 51.7 Å². The van der Waals surface area contributed by atoms with Gasteiger partial charge in [0.15, 0.2) is 0 Å². The minimum absolute atomic E-state index is 0.0883. The van der Waals surface area contributed by atoms with E-state index in [1.807, 2.05) is 0 Å². The maximum atomic E-state index is 12.4. The summed E-state index contributed by atoms with van der Waals surface area (Å²) in [7, 11) is 1.42. The number of amides is 1. The van der Waals surface area contributed by atoms with Crippen LogP contribution in [-0.2, 0) is 14.9 Å². The fraction of sp³-hybridized carbons (Fsp3) is 0.579. The van der Waals surface area contributed by atoms with Crippen molar-refractivity contribution >= 4 is 12.1 Å². The van der Waals surface area contributed by atoms with E-state index in [0.717, 1.165) is 10.5 Å². The highest BCUT2D eigenvalue weighted by Gasteiger charge is 2.42. The number of aliphatic hydroxyl groups is 1. The Balaban J connectivity index is 3.10. The number of hydrogen-bond donors (Lipinski definition) is 2. The Bertz CT molecular complexity index is 618. The van der Waals surface area contributed by atoms with Gasteiger partial charge in [0.05, 0.1) is 6.61 Å². The van der Waals surface area contributed by atoms with Gasteiger partial charge in [0.1, 0.15) is 24.0 Å². The largest absolute Gasteiger partial charge is 0.491 e. The Morgan fingerprint density at radius 2 is 1.65 bits per heavy atom. The third kappa shape index (κ3) is 5.62. The maximum Gasteiger partial charge on any atom is 0.410 e. The fourth-order valence-corrected chi connectivity index (χ4v) is 2.70. The van der Waals surface area contributed by atoms with Crippen molar-refractivity contribution in [1.29, 1.82) is 0 Å². The molecule has 26 heavy (non-hydrogen) atoms. The quantitative estimate of drug-likeness (QED) is 0.769. The van der Waals surface area contributed by atoms with Crippen molar-refractivity contribution in [3.8, 4) is 5.75 Å². The standard InChI is InChI=1S/C19H29NO6/c1-18(2,3)26-17(24)20(6)15(16(22)23)19(4,5)13-7-9-14(10-8-13)25-12-11-21/h7-10,15,21H,11-12H2,1-6H3,(H,22,23)/t15-/m1/s1. The molecule has 0 saturated carbocycles. The molecule has 0 fully saturated rings. The molecule has 0 saturated heterocycles. The molecule has 1 aromatic rings. The van der Waals surface area contributed by atoms with Gasteiger partial charge in [-0.2, -0.15) is 0 Å². The number of carboxylic acids is 1. The number of carboxylic acid groups (broad SMARTS) is 1. The molecule has 0 aliphatic heterocycles. The molecule has 1 atom stereocenters. The Morgan fingerprint density at radius 1 is 1.12 bits per heavy atom. The molecule has 0 radical (unpaired) electrons. The van der Waals surface area contributed by atoms with Crippen molar-refractivity contribution in [2.24, 2.45) is 0 Å². The van der Waals surface area contributed by atoms with E-state index in [0.29, 0.717) is 5.75 Å². The predicted molar refractivity (Wildman–Crippen MR) is 97.5 cm³/mol. The highest BCUT2D eigenvalue weighted by atomic mass is 16.6. The van der Waals surface area contributed by atoms with Gasteiger partial charge in [-0.3, -0.25) is 4.90 Å². The number of carbonyl (C=O) groups excluding carboxylic acids is 1. The van der Waals surface area contributed by atoms with Crippen molar-refractivity contribution in [3.63, 3.8) is 0 Å². The smallest absolute Gasteiger partial charge is 0.410 e. The van der Waals surface area contributed by atoms with E-state index in [1.54, 1.807) is 58.9 Å². The van der Waals surface area contributed by atoms with Gasteiger partial charge in [-0.15, -0.1) is 0 Å². The summed E-state index contributed by atoms with van der Waals surface area (Å²) in [6.07, 6.45) is -0.694. The topological polar surface area (TPSA) is 96.3 Å². The van der Waals surface area contributed by atoms with E-state index >= 15 is 0 Å². The SMILES string of the molecule is CN(C(=O)OC(C)(C)C)[C@H](C(=O)O)C(C)(C)c1ccc(OCCO)cc1. The normalized spacial score (nSPS) is 13.0. The third-order valence-electron chi connectivity index (χ3n) is 3.94. The Labute approximate surface area is 154 Å². The number of likely N-dealkylation sites (N-methyl/N-ethyl adjacent to an activating group) is 1. The second-order valence-electron chi connectivity index (χ2n) is 7.65. The second kappa shape index (κ2) is 8.40. The van der Waals surface area contributed by atoms with Gasteiger partial charge in [0, 0.05) is 12.5 Å². The van der Waals surface area contributed by atoms with Crippen LogP contribution in [0.4, 0.5) is 4.79 Å².